The number of carbonyl (C=O) groups excluding carboxylic acids is 1. The number of amides is 1. The van der Waals surface area contributed by atoms with Crippen molar-refractivity contribution in [3.8, 4) is 0 Å². The number of benzene rings is 1. The molecule has 1 amide bonds. The summed E-state index contributed by atoms with van der Waals surface area (Å²) in [4.78, 5) is 18.2. The zero-order valence-electron chi connectivity index (χ0n) is 10.7. The Kier molecular flexibility index (Phi) is 4.07. The third-order valence-electron chi connectivity index (χ3n) is 2.63. The maximum absolute atomic E-state index is 12.3. The Bertz CT molecular complexity index is 612. The smallest absolute Gasteiger partial charge is 0.255 e. The Morgan fingerprint density at radius 3 is 2.89 bits per heavy atom. The number of thiazole rings is 1. The van der Waals surface area contributed by atoms with Gasteiger partial charge in [-0.2, -0.15) is 0 Å². The van der Waals surface area contributed by atoms with Crippen LogP contribution in [0.25, 0.3) is 0 Å². The molecule has 4 nitrogen and oxygen atoms in total. The minimum atomic E-state index is -0.164. The van der Waals surface area contributed by atoms with Crippen LogP contribution in [0, 0.1) is 6.92 Å². The highest BCUT2D eigenvalue weighted by molar-refractivity contribution is 7.09. The van der Waals surface area contributed by atoms with E-state index >= 15 is 0 Å². The molecule has 2 N–H and O–H groups in total. The average Bonchev–Trinajstić information content (AvgIpc) is 2.77. The molecule has 0 aliphatic carbocycles. The molecule has 0 radical (unpaired) electrons. The lowest BCUT2D eigenvalue weighted by atomic mass is 10.1. The minimum Gasteiger partial charge on any atom is -0.399 e. The van der Waals surface area contributed by atoms with Gasteiger partial charge in [0.15, 0.2) is 0 Å². The fourth-order valence-electron chi connectivity index (χ4n) is 1.71. The normalized spacial score (nSPS) is 10.5. The Morgan fingerprint density at radius 2 is 2.26 bits per heavy atom. The summed E-state index contributed by atoms with van der Waals surface area (Å²) in [5.41, 5.74) is 7.49. The predicted molar refractivity (Wildman–Crippen MR) is 78.5 cm³/mol. The second kappa shape index (κ2) is 5.59. The molecule has 2 aromatic rings. The van der Waals surface area contributed by atoms with Crippen LogP contribution < -0.4 is 5.73 Å². The average molecular weight is 296 g/mol. The van der Waals surface area contributed by atoms with E-state index in [0.717, 1.165) is 10.7 Å². The van der Waals surface area contributed by atoms with E-state index < -0.39 is 0 Å². The molecule has 0 aliphatic rings. The van der Waals surface area contributed by atoms with Crippen molar-refractivity contribution in [2.45, 2.75) is 13.5 Å². The van der Waals surface area contributed by atoms with Crippen LogP contribution in [0.15, 0.2) is 23.6 Å². The number of nitrogens with two attached hydrogens (primary N) is 1. The lowest BCUT2D eigenvalue weighted by Gasteiger charge is -2.17. The summed E-state index contributed by atoms with van der Waals surface area (Å²) in [5.74, 6) is -0.164. The molecule has 2 rings (SSSR count). The minimum absolute atomic E-state index is 0.164. The van der Waals surface area contributed by atoms with E-state index in [1.165, 1.54) is 0 Å². The molecule has 19 heavy (non-hydrogen) atoms. The van der Waals surface area contributed by atoms with Gasteiger partial charge in [0.25, 0.3) is 5.91 Å². The van der Waals surface area contributed by atoms with Gasteiger partial charge < -0.3 is 10.6 Å². The summed E-state index contributed by atoms with van der Waals surface area (Å²) in [6, 6.07) is 4.89. The van der Waals surface area contributed by atoms with E-state index in [1.807, 2.05) is 12.3 Å². The number of carbonyl (C=O) groups is 1. The lowest BCUT2D eigenvalue weighted by Crippen LogP contribution is -2.26. The first-order valence-electron chi connectivity index (χ1n) is 5.69. The lowest BCUT2D eigenvalue weighted by molar-refractivity contribution is 0.0784. The van der Waals surface area contributed by atoms with Crippen LogP contribution in [0.5, 0.6) is 0 Å². The molecule has 0 bridgehead atoms. The summed E-state index contributed by atoms with van der Waals surface area (Å²) in [5, 5.41) is 3.33. The van der Waals surface area contributed by atoms with Crippen LogP contribution in [0.3, 0.4) is 0 Å². The molecular formula is C13H14ClN3OS. The van der Waals surface area contributed by atoms with Crippen molar-refractivity contribution in [1.82, 2.24) is 9.88 Å². The quantitative estimate of drug-likeness (QED) is 0.886. The van der Waals surface area contributed by atoms with Crippen LogP contribution in [-0.2, 0) is 6.54 Å². The number of hydrogen-bond donors (Lipinski definition) is 1. The number of nitrogens with zero attached hydrogens (tertiary/aromatic N) is 2. The third kappa shape index (κ3) is 3.24. The molecular weight excluding hydrogens is 282 g/mol. The molecule has 0 saturated carbocycles. The van der Waals surface area contributed by atoms with Crippen molar-refractivity contribution in [1.29, 1.82) is 0 Å². The zero-order valence-corrected chi connectivity index (χ0v) is 12.3. The number of aryl methyl sites for hydroxylation is 1. The first kappa shape index (κ1) is 13.8. The van der Waals surface area contributed by atoms with Crippen LogP contribution in [0.2, 0.25) is 5.02 Å². The summed E-state index contributed by atoms with van der Waals surface area (Å²) >= 11 is 7.59. The Labute approximate surface area is 120 Å². The van der Waals surface area contributed by atoms with Gasteiger partial charge in [-0.05, 0) is 25.1 Å². The number of halogens is 1. The summed E-state index contributed by atoms with van der Waals surface area (Å²) in [6.45, 7) is 2.39. The molecule has 1 aromatic heterocycles. The molecule has 1 aromatic carbocycles. The fraction of sp³-hybridized carbons (Fsp3) is 0.231. The first-order valence-corrected chi connectivity index (χ1v) is 6.94. The number of aromatic nitrogens is 1. The van der Waals surface area contributed by atoms with Gasteiger partial charge in [-0.1, -0.05) is 11.6 Å². The highest BCUT2D eigenvalue weighted by Crippen LogP contribution is 2.21. The highest BCUT2D eigenvalue weighted by atomic mass is 35.5. The second-order valence-corrected chi connectivity index (χ2v) is 5.73. The van der Waals surface area contributed by atoms with Gasteiger partial charge in [0.1, 0.15) is 0 Å². The van der Waals surface area contributed by atoms with Gasteiger partial charge in [-0.3, -0.25) is 4.79 Å². The number of nitrogen functional groups attached to an aromatic ring is 1. The molecule has 0 fully saturated rings. The van der Waals surface area contributed by atoms with Crippen molar-refractivity contribution in [2.24, 2.45) is 0 Å². The molecule has 0 unspecified atom stereocenters. The van der Waals surface area contributed by atoms with E-state index in [2.05, 4.69) is 4.98 Å². The Morgan fingerprint density at radius 1 is 1.53 bits per heavy atom. The number of anilines is 1. The van der Waals surface area contributed by atoms with Crippen molar-refractivity contribution in [2.75, 3.05) is 12.8 Å². The fourth-order valence-corrected chi connectivity index (χ4v) is 2.51. The van der Waals surface area contributed by atoms with Gasteiger partial charge in [0, 0.05) is 18.1 Å². The SMILES string of the molecule is Cc1nc(CN(C)C(=O)c2cc(N)ccc2Cl)cs1. The standard InChI is InChI=1S/C13H14ClN3OS/c1-8-16-10(7-19-8)6-17(2)13(18)11-5-9(15)3-4-12(11)14/h3-5,7H,6,15H2,1-2H3. The van der Waals surface area contributed by atoms with E-state index in [0.29, 0.717) is 22.8 Å². The summed E-state index contributed by atoms with van der Waals surface area (Å²) in [6.07, 6.45) is 0. The van der Waals surface area contributed by atoms with Crippen molar-refractivity contribution < 1.29 is 4.79 Å². The summed E-state index contributed by atoms with van der Waals surface area (Å²) < 4.78 is 0. The maximum Gasteiger partial charge on any atom is 0.255 e. The Hall–Kier alpha value is -1.59. The molecule has 0 aliphatic heterocycles. The number of rotatable bonds is 3. The van der Waals surface area contributed by atoms with Gasteiger partial charge in [-0.25, -0.2) is 4.98 Å². The molecule has 0 atom stereocenters. The highest BCUT2D eigenvalue weighted by Gasteiger charge is 2.16. The summed E-state index contributed by atoms with van der Waals surface area (Å²) in [7, 11) is 1.72. The van der Waals surface area contributed by atoms with Crippen molar-refractivity contribution >= 4 is 34.5 Å². The monoisotopic (exact) mass is 295 g/mol. The van der Waals surface area contributed by atoms with Crippen molar-refractivity contribution in [3.05, 3.63) is 44.9 Å². The first-order chi connectivity index (χ1) is 8.97. The van der Waals surface area contributed by atoms with E-state index in [9.17, 15) is 4.79 Å². The van der Waals surface area contributed by atoms with Crippen molar-refractivity contribution in [3.63, 3.8) is 0 Å². The zero-order chi connectivity index (χ0) is 14.0. The maximum atomic E-state index is 12.3. The van der Waals surface area contributed by atoms with E-state index in [-0.39, 0.29) is 5.91 Å². The predicted octanol–water partition coefficient (Wildman–Crippen LogP) is 2.96. The molecule has 6 heteroatoms. The number of hydrogen-bond acceptors (Lipinski definition) is 4. The van der Waals surface area contributed by atoms with Crippen LogP contribution >= 0.6 is 22.9 Å². The van der Waals surface area contributed by atoms with Crippen LogP contribution in [0.1, 0.15) is 21.1 Å². The van der Waals surface area contributed by atoms with Crippen LogP contribution in [-0.4, -0.2) is 22.8 Å². The van der Waals surface area contributed by atoms with E-state index in [4.69, 9.17) is 17.3 Å². The topological polar surface area (TPSA) is 59.2 Å². The second-order valence-electron chi connectivity index (χ2n) is 4.26. The van der Waals surface area contributed by atoms with Crippen LogP contribution in [0.4, 0.5) is 5.69 Å². The van der Waals surface area contributed by atoms with Gasteiger partial charge in [0.2, 0.25) is 0 Å². The van der Waals surface area contributed by atoms with Gasteiger partial charge in [0.05, 0.1) is 27.8 Å². The molecule has 100 valence electrons. The van der Waals surface area contributed by atoms with E-state index in [1.54, 1.807) is 41.5 Å². The molecule has 1 heterocycles. The molecule has 0 saturated heterocycles. The Balaban J connectivity index is 2.16. The van der Waals surface area contributed by atoms with Gasteiger partial charge in [-0.15, -0.1) is 11.3 Å². The molecule has 0 spiro atoms. The van der Waals surface area contributed by atoms with Gasteiger partial charge >= 0.3 is 0 Å². The largest absolute Gasteiger partial charge is 0.399 e. The third-order valence-corrected chi connectivity index (χ3v) is 3.79.